The summed E-state index contributed by atoms with van der Waals surface area (Å²) in [5.41, 5.74) is 4.15. The Morgan fingerprint density at radius 1 is 1.62 bits per heavy atom. The van der Waals surface area contributed by atoms with E-state index in [2.05, 4.69) is 25.3 Å². The van der Waals surface area contributed by atoms with Crippen molar-refractivity contribution < 1.29 is 4.74 Å². The van der Waals surface area contributed by atoms with Gasteiger partial charge in [-0.1, -0.05) is 11.6 Å². The van der Waals surface area contributed by atoms with Crippen molar-refractivity contribution in [3.05, 3.63) is 11.6 Å². The topological polar surface area (TPSA) is 47.3 Å². The Hall–Kier alpha value is -0.380. The number of nitrogens with one attached hydrogen (secondary N) is 1. The Kier molecular flexibility index (Phi) is 4.42. The van der Waals surface area contributed by atoms with Crippen molar-refractivity contribution in [3.8, 4) is 0 Å². The second-order valence-corrected chi connectivity index (χ2v) is 3.91. The van der Waals surface area contributed by atoms with E-state index in [9.17, 15) is 0 Å². The molecule has 1 rings (SSSR count). The van der Waals surface area contributed by atoms with E-state index >= 15 is 0 Å². The summed E-state index contributed by atoms with van der Waals surface area (Å²) >= 11 is 0. The monoisotopic (exact) mass is 184 g/mol. The lowest BCUT2D eigenvalue weighted by Crippen LogP contribution is -2.42. The van der Waals surface area contributed by atoms with Crippen LogP contribution in [0.4, 0.5) is 0 Å². The van der Waals surface area contributed by atoms with Gasteiger partial charge in [0, 0.05) is 18.6 Å². The van der Waals surface area contributed by atoms with Crippen LogP contribution >= 0.6 is 0 Å². The molecule has 1 heterocycles. The third kappa shape index (κ3) is 3.46. The van der Waals surface area contributed by atoms with Gasteiger partial charge in [-0.15, -0.1) is 0 Å². The Labute approximate surface area is 80.3 Å². The molecule has 0 radical (unpaired) electrons. The van der Waals surface area contributed by atoms with Crippen molar-refractivity contribution in [2.75, 3.05) is 13.2 Å². The summed E-state index contributed by atoms with van der Waals surface area (Å²) in [7, 11) is 0. The predicted octanol–water partition coefficient (Wildman–Crippen LogP) is 1.21. The minimum absolute atomic E-state index is 0.269. The molecule has 0 amide bonds. The summed E-state index contributed by atoms with van der Waals surface area (Å²) < 4.78 is 5.42. The van der Waals surface area contributed by atoms with Gasteiger partial charge in [-0.05, 0) is 26.7 Å². The maximum atomic E-state index is 5.50. The number of hydrogen-bond donors (Lipinski definition) is 2. The molecule has 0 aromatic carbocycles. The largest absolute Gasteiger partial charge is 0.381 e. The first-order valence-electron chi connectivity index (χ1n) is 4.93. The van der Waals surface area contributed by atoms with Crippen LogP contribution in [0.3, 0.4) is 0 Å². The lowest BCUT2D eigenvalue weighted by molar-refractivity contribution is 0.0458. The average Bonchev–Trinajstić information content (AvgIpc) is 2.15. The molecule has 1 aliphatic heterocycles. The highest BCUT2D eigenvalue weighted by molar-refractivity contribution is 5.03. The SMILES string of the molecule is CC(C)=CC(NN)C1CCCOC1. The number of allylic oxidation sites excluding steroid dienone is 1. The second-order valence-electron chi connectivity index (χ2n) is 3.91. The molecule has 1 aliphatic rings. The quantitative estimate of drug-likeness (QED) is 0.394. The Balaban J connectivity index is 2.49. The highest BCUT2D eigenvalue weighted by Gasteiger charge is 2.21. The van der Waals surface area contributed by atoms with Gasteiger partial charge in [0.25, 0.3) is 0 Å². The zero-order valence-electron chi connectivity index (χ0n) is 8.55. The molecule has 0 aromatic heterocycles. The summed E-state index contributed by atoms with van der Waals surface area (Å²) in [6, 6.07) is 0.269. The molecule has 0 aromatic rings. The molecule has 1 fully saturated rings. The zero-order valence-corrected chi connectivity index (χ0v) is 8.55. The van der Waals surface area contributed by atoms with E-state index in [0.29, 0.717) is 5.92 Å². The van der Waals surface area contributed by atoms with Crippen molar-refractivity contribution in [1.82, 2.24) is 5.43 Å². The first kappa shape index (κ1) is 10.7. The minimum atomic E-state index is 0.269. The molecular weight excluding hydrogens is 164 g/mol. The Morgan fingerprint density at radius 2 is 2.38 bits per heavy atom. The van der Waals surface area contributed by atoms with Gasteiger partial charge in [0.1, 0.15) is 0 Å². The molecule has 0 spiro atoms. The molecule has 0 aliphatic carbocycles. The number of nitrogens with two attached hydrogens (primary N) is 1. The van der Waals surface area contributed by atoms with Crippen LogP contribution in [-0.2, 0) is 4.74 Å². The second kappa shape index (κ2) is 5.37. The fraction of sp³-hybridized carbons (Fsp3) is 0.800. The molecule has 3 heteroatoms. The summed E-state index contributed by atoms with van der Waals surface area (Å²) in [6.07, 6.45) is 4.54. The van der Waals surface area contributed by atoms with Gasteiger partial charge in [-0.3, -0.25) is 11.3 Å². The third-order valence-electron chi connectivity index (χ3n) is 2.41. The van der Waals surface area contributed by atoms with Crippen LogP contribution in [0.2, 0.25) is 0 Å². The molecule has 0 saturated carbocycles. The van der Waals surface area contributed by atoms with E-state index in [1.165, 1.54) is 12.0 Å². The van der Waals surface area contributed by atoms with E-state index in [-0.39, 0.29) is 6.04 Å². The zero-order chi connectivity index (χ0) is 9.68. The molecular formula is C10H20N2O. The maximum Gasteiger partial charge on any atom is 0.0512 e. The van der Waals surface area contributed by atoms with Crippen LogP contribution in [-0.4, -0.2) is 19.3 Å². The lowest BCUT2D eigenvalue weighted by Gasteiger charge is -2.28. The molecule has 76 valence electrons. The van der Waals surface area contributed by atoms with E-state index in [4.69, 9.17) is 10.6 Å². The minimum Gasteiger partial charge on any atom is -0.381 e. The third-order valence-corrected chi connectivity index (χ3v) is 2.41. The first-order chi connectivity index (χ1) is 6.24. The van der Waals surface area contributed by atoms with Crippen molar-refractivity contribution in [2.45, 2.75) is 32.7 Å². The standard InChI is InChI=1S/C10H20N2O/c1-8(2)6-10(12-11)9-4-3-5-13-7-9/h6,9-10,12H,3-5,7,11H2,1-2H3. The van der Waals surface area contributed by atoms with Crippen molar-refractivity contribution in [3.63, 3.8) is 0 Å². The van der Waals surface area contributed by atoms with E-state index in [0.717, 1.165) is 19.6 Å². The van der Waals surface area contributed by atoms with Crippen LogP contribution in [0.1, 0.15) is 26.7 Å². The van der Waals surface area contributed by atoms with Gasteiger partial charge >= 0.3 is 0 Å². The summed E-state index contributed by atoms with van der Waals surface area (Å²) in [4.78, 5) is 0. The van der Waals surface area contributed by atoms with Crippen LogP contribution < -0.4 is 11.3 Å². The maximum absolute atomic E-state index is 5.50. The summed E-state index contributed by atoms with van der Waals surface area (Å²) in [6.45, 7) is 5.92. The Bertz CT molecular complexity index is 170. The van der Waals surface area contributed by atoms with Gasteiger partial charge in [0.05, 0.1) is 6.61 Å². The summed E-state index contributed by atoms with van der Waals surface area (Å²) in [5.74, 6) is 6.04. The number of rotatable bonds is 3. The smallest absolute Gasteiger partial charge is 0.0512 e. The normalized spacial score (nSPS) is 25.3. The Morgan fingerprint density at radius 3 is 2.85 bits per heavy atom. The summed E-state index contributed by atoms with van der Waals surface area (Å²) in [5, 5.41) is 0. The first-order valence-corrected chi connectivity index (χ1v) is 4.93. The molecule has 0 bridgehead atoms. The van der Waals surface area contributed by atoms with Gasteiger partial charge in [-0.25, -0.2) is 0 Å². The van der Waals surface area contributed by atoms with E-state index in [1.54, 1.807) is 0 Å². The number of ether oxygens (including phenoxy) is 1. The highest BCUT2D eigenvalue weighted by atomic mass is 16.5. The lowest BCUT2D eigenvalue weighted by atomic mass is 9.93. The van der Waals surface area contributed by atoms with Crippen molar-refractivity contribution in [1.29, 1.82) is 0 Å². The molecule has 2 atom stereocenters. The molecule has 3 nitrogen and oxygen atoms in total. The van der Waals surface area contributed by atoms with Gasteiger partial charge < -0.3 is 4.74 Å². The highest BCUT2D eigenvalue weighted by Crippen LogP contribution is 2.18. The van der Waals surface area contributed by atoms with Crippen LogP contribution in [0.25, 0.3) is 0 Å². The number of hydrazine groups is 1. The molecule has 13 heavy (non-hydrogen) atoms. The van der Waals surface area contributed by atoms with E-state index in [1.807, 2.05) is 0 Å². The van der Waals surface area contributed by atoms with Gasteiger partial charge in [0.2, 0.25) is 0 Å². The fourth-order valence-corrected chi connectivity index (χ4v) is 1.73. The van der Waals surface area contributed by atoms with Crippen LogP contribution in [0.15, 0.2) is 11.6 Å². The number of hydrogen-bond acceptors (Lipinski definition) is 3. The van der Waals surface area contributed by atoms with Crippen LogP contribution in [0.5, 0.6) is 0 Å². The molecule has 2 unspecified atom stereocenters. The van der Waals surface area contributed by atoms with E-state index < -0.39 is 0 Å². The predicted molar refractivity (Wildman–Crippen MR) is 54.1 cm³/mol. The van der Waals surface area contributed by atoms with Crippen molar-refractivity contribution >= 4 is 0 Å². The average molecular weight is 184 g/mol. The molecule has 1 saturated heterocycles. The van der Waals surface area contributed by atoms with Crippen molar-refractivity contribution in [2.24, 2.45) is 11.8 Å². The van der Waals surface area contributed by atoms with Crippen LogP contribution in [0, 0.1) is 5.92 Å². The van der Waals surface area contributed by atoms with Gasteiger partial charge in [0.15, 0.2) is 0 Å². The van der Waals surface area contributed by atoms with Gasteiger partial charge in [-0.2, -0.15) is 0 Å². The molecule has 3 N–H and O–H groups in total. The fourth-order valence-electron chi connectivity index (χ4n) is 1.73.